The van der Waals surface area contributed by atoms with E-state index >= 15 is 0 Å². The van der Waals surface area contributed by atoms with Gasteiger partial charge >= 0.3 is 0 Å². The summed E-state index contributed by atoms with van der Waals surface area (Å²) in [7, 11) is 0. The molecule has 0 amide bonds. The van der Waals surface area contributed by atoms with E-state index in [0.29, 0.717) is 17.1 Å². The Balaban J connectivity index is 1.68. The van der Waals surface area contributed by atoms with Gasteiger partial charge < -0.3 is 11.1 Å². The van der Waals surface area contributed by atoms with Crippen LogP contribution < -0.4 is 11.1 Å². The molecule has 4 aromatic rings. The summed E-state index contributed by atoms with van der Waals surface area (Å²) in [5, 5.41) is 17.5. The van der Waals surface area contributed by atoms with Crippen LogP contribution in [0.5, 0.6) is 0 Å². The van der Waals surface area contributed by atoms with Crippen molar-refractivity contribution in [2.75, 3.05) is 11.1 Å². The maximum Gasteiger partial charge on any atom is 0.145 e. The average Bonchev–Trinajstić information content (AvgIpc) is 3.06. The van der Waals surface area contributed by atoms with Crippen LogP contribution in [-0.4, -0.2) is 9.78 Å². The highest BCUT2D eigenvalue weighted by Gasteiger charge is 2.17. The quantitative estimate of drug-likeness (QED) is 0.557. The van der Waals surface area contributed by atoms with Gasteiger partial charge in [-0.25, -0.2) is 4.68 Å². The molecule has 130 valence electrons. The van der Waals surface area contributed by atoms with Crippen molar-refractivity contribution in [2.45, 2.75) is 0 Å². The Kier molecular flexibility index (Phi) is 4.30. The first-order chi connectivity index (χ1) is 13.3. The molecular formula is C22H17N5. The molecule has 0 aliphatic heterocycles. The number of nitrogens with zero attached hydrogens (tertiary/aromatic N) is 3. The molecule has 0 saturated heterocycles. The summed E-state index contributed by atoms with van der Waals surface area (Å²) in [6.45, 7) is 0. The molecule has 0 spiro atoms. The van der Waals surface area contributed by atoms with Crippen molar-refractivity contribution in [3.05, 3.63) is 90.5 Å². The third-order valence-electron chi connectivity index (χ3n) is 4.25. The van der Waals surface area contributed by atoms with E-state index in [0.717, 1.165) is 22.6 Å². The zero-order valence-corrected chi connectivity index (χ0v) is 14.5. The molecular weight excluding hydrogens is 334 g/mol. The van der Waals surface area contributed by atoms with E-state index in [-0.39, 0.29) is 0 Å². The van der Waals surface area contributed by atoms with Crippen LogP contribution in [0.25, 0.3) is 16.9 Å². The monoisotopic (exact) mass is 351 g/mol. The van der Waals surface area contributed by atoms with Gasteiger partial charge in [0.05, 0.1) is 5.69 Å². The Labute approximate surface area is 157 Å². The number of para-hydroxylation sites is 2. The van der Waals surface area contributed by atoms with Crippen molar-refractivity contribution >= 4 is 17.2 Å². The second-order valence-electron chi connectivity index (χ2n) is 6.04. The third-order valence-corrected chi connectivity index (χ3v) is 4.25. The fourth-order valence-electron chi connectivity index (χ4n) is 2.91. The number of anilines is 3. The number of hydrogen-bond donors (Lipinski definition) is 2. The molecule has 1 aromatic heterocycles. The van der Waals surface area contributed by atoms with Gasteiger partial charge in [-0.1, -0.05) is 48.5 Å². The molecule has 0 unspecified atom stereocenters. The second-order valence-corrected chi connectivity index (χ2v) is 6.04. The first-order valence-electron chi connectivity index (χ1n) is 8.53. The lowest BCUT2D eigenvalue weighted by molar-refractivity contribution is 0.895. The molecule has 0 bridgehead atoms. The minimum Gasteiger partial charge on any atom is -0.382 e. The molecule has 0 saturated carbocycles. The zero-order chi connectivity index (χ0) is 18.6. The summed E-state index contributed by atoms with van der Waals surface area (Å²) in [6.07, 6.45) is 0. The SMILES string of the molecule is N#Cc1c(-c2ccc(Nc3ccccc3)cc2)nn(-c2ccccc2)c1N. The van der Waals surface area contributed by atoms with Gasteiger partial charge in [0.15, 0.2) is 0 Å². The van der Waals surface area contributed by atoms with E-state index < -0.39 is 0 Å². The van der Waals surface area contributed by atoms with Gasteiger partial charge in [0.2, 0.25) is 0 Å². The smallest absolute Gasteiger partial charge is 0.145 e. The van der Waals surface area contributed by atoms with Gasteiger partial charge in [0.25, 0.3) is 0 Å². The molecule has 5 nitrogen and oxygen atoms in total. The summed E-state index contributed by atoms with van der Waals surface area (Å²) >= 11 is 0. The predicted molar refractivity (Wildman–Crippen MR) is 108 cm³/mol. The van der Waals surface area contributed by atoms with Crippen molar-refractivity contribution in [3.63, 3.8) is 0 Å². The van der Waals surface area contributed by atoms with E-state index in [1.54, 1.807) is 4.68 Å². The lowest BCUT2D eigenvalue weighted by Gasteiger charge is -2.07. The van der Waals surface area contributed by atoms with Gasteiger partial charge in [-0.3, -0.25) is 0 Å². The highest BCUT2D eigenvalue weighted by molar-refractivity contribution is 5.75. The van der Waals surface area contributed by atoms with Crippen molar-refractivity contribution in [2.24, 2.45) is 0 Å². The lowest BCUT2D eigenvalue weighted by atomic mass is 10.1. The zero-order valence-electron chi connectivity index (χ0n) is 14.5. The summed E-state index contributed by atoms with van der Waals surface area (Å²) in [5.74, 6) is 0.338. The Bertz CT molecular complexity index is 1090. The maximum atomic E-state index is 9.57. The fourth-order valence-corrected chi connectivity index (χ4v) is 2.91. The molecule has 3 aromatic carbocycles. The topological polar surface area (TPSA) is 79.7 Å². The largest absolute Gasteiger partial charge is 0.382 e. The predicted octanol–water partition coefficient (Wildman–Crippen LogP) is 4.74. The minimum absolute atomic E-state index is 0.338. The molecule has 0 atom stereocenters. The number of benzene rings is 3. The van der Waals surface area contributed by atoms with Crippen LogP contribution in [-0.2, 0) is 0 Å². The molecule has 0 aliphatic carbocycles. The number of nitrogens with two attached hydrogens (primary N) is 1. The summed E-state index contributed by atoms with van der Waals surface area (Å²) in [5.41, 5.74) is 10.8. The molecule has 1 heterocycles. The number of nitrogen functional groups attached to an aromatic ring is 1. The molecule has 0 aliphatic rings. The van der Waals surface area contributed by atoms with E-state index in [9.17, 15) is 5.26 Å². The summed E-state index contributed by atoms with van der Waals surface area (Å²) in [6, 6.07) is 29.5. The molecule has 0 radical (unpaired) electrons. The maximum absolute atomic E-state index is 9.57. The van der Waals surface area contributed by atoms with Crippen LogP contribution >= 0.6 is 0 Å². The highest BCUT2D eigenvalue weighted by atomic mass is 15.3. The van der Waals surface area contributed by atoms with E-state index in [2.05, 4.69) is 16.5 Å². The van der Waals surface area contributed by atoms with Crippen LogP contribution in [0, 0.1) is 11.3 Å². The van der Waals surface area contributed by atoms with Gasteiger partial charge in [-0.05, 0) is 36.4 Å². The molecule has 3 N–H and O–H groups in total. The molecule has 4 rings (SSSR count). The fraction of sp³-hybridized carbons (Fsp3) is 0. The third kappa shape index (κ3) is 3.24. The second kappa shape index (κ2) is 7.06. The normalized spacial score (nSPS) is 10.3. The highest BCUT2D eigenvalue weighted by Crippen LogP contribution is 2.30. The van der Waals surface area contributed by atoms with Crippen LogP contribution in [0.3, 0.4) is 0 Å². The Morgan fingerprint density at radius 3 is 2.04 bits per heavy atom. The van der Waals surface area contributed by atoms with E-state index in [1.807, 2.05) is 84.9 Å². The van der Waals surface area contributed by atoms with E-state index in [4.69, 9.17) is 5.73 Å². The lowest BCUT2D eigenvalue weighted by Crippen LogP contribution is -2.01. The Morgan fingerprint density at radius 1 is 0.815 bits per heavy atom. The molecule has 0 fully saturated rings. The van der Waals surface area contributed by atoms with Gasteiger partial charge in [0.1, 0.15) is 23.1 Å². The van der Waals surface area contributed by atoms with Crippen LogP contribution in [0.2, 0.25) is 0 Å². The molecule has 27 heavy (non-hydrogen) atoms. The number of rotatable bonds is 4. The van der Waals surface area contributed by atoms with Gasteiger partial charge in [-0.15, -0.1) is 0 Å². The number of aromatic nitrogens is 2. The van der Waals surface area contributed by atoms with Crippen molar-refractivity contribution in [1.29, 1.82) is 5.26 Å². The van der Waals surface area contributed by atoms with Crippen LogP contribution in [0.1, 0.15) is 5.56 Å². The molecule has 5 heteroatoms. The first-order valence-corrected chi connectivity index (χ1v) is 8.53. The Morgan fingerprint density at radius 2 is 1.41 bits per heavy atom. The standard InChI is InChI=1S/C22H17N5/c23-15-20-21(26-27(22(20)24)19-9-5-2-6-10-19)16-11-13-18(14-12-16)25-17-7-3-1-4-8-17/h1-14,25H,24H2. The van der Waals surface area contributed by atoms with Gasteiger partial charge in [0, 0.05) is 16.9 Å². The number of hydrogen-bond acceptors (Lipinski definition) is 4. The summed E-state index contributed by atoms with van der Waals surface area (Å²) < 4.78 is 1.60. The number of nitriles is 1. The van der Waals surface area contributed by atoms with Gasteiger partial charge in [-0.2, -0.15) is 10.4 Å². The van der Waals surface area contributed by atoms with Crippen molar-refractivity contribution < 1.29 is 0 Å². The first kappa shape index (κ1) is 16.4. The van der Waals surface area contributed by atoms with Crippen LogP contribution in [0.4, 0.5) is 17.2 Å². The Hall–Kier alpha value is -4.04. The van der Waals surface area contributed by atoms with Crippen molar-refractivity contribution in [1.82, 2.24) is 9.78 Å². The number of nitrogens with one attached hydrogen (secondary N) is 1. The summed E-state index contributed by atoms with van der Waals surface area (Å²) in [4.78, 5) is 0. The minimum atomic E-state index is 0.338. The van der Waals surface area contributed by atoms with E-state index in [1.165, 1.54) is 0 Å². The van der Waals surface area contributed by atoms with Crippen LogP contribution in [0.15, 0.2) is 84.9 Å². The average molecular weight is 351 g/mol. The van der Waals surface area contributed by atoms with Crippen molar-refractivity contribution in [3.8, 4) is 23.0 Å².